The highest BCUT2D eigenvalue weighted by molar-refractivity contribution is 7.54. The van der Waals surface area contributed by atoms with Crippen LogP contribution in [0.15, 0.2) is 24.3 Å². The van der Waals surface area contributed by atoms with E-state index in [1.807, 2.05) is 24.3 Å². The molecule has 0 aromatic heterocycles. The number of benzene rings is 1. The molecule has 1 rings (SSSR count). The molecule has 0 N–H and O–H groups in total. The summed E-state index contributed by atoms with van der Waals surface area (Å²) >= 11 is 0. The van der Waals surface area contributed by atoms with Gasteiger partial charge in [-0.05, 0) is 44.4 Å². The maximum atomic E-state index is 12.6. The van der Waals surface area contributed by atoms with Crippen molar-refractivity contribution in [3.8, 4) is 5.75 Å². The molecule has 30 heavy (non-hydrogen) atoms. The van der Waals surface area contributed by atoms with Crippen molar-refractivity contribution in [3.05, 3.63) is 29.8 Å². The van der Waals surface area contributed by atoms with E-state index in [-0.39, 0.29) is 18.2 Å². The second-order valence-electron chi connectivity index (χ2n) is 7.64. The van der Waals surface area contributed by atoms with E-state index < -0.39 is 15.2 Å². The number of nitrogens with zero attached hydrogens (tertiary/aromatic N) is 1. The summed E-state index contributed by atoms with van der Waals surface area (Å²) < 4.78 is 51.4. The Balaban J connectivity index is 2.84. The minimum atomic E-state index is -3.33. The van der Waals surface area contributed by atoms with E-state index in [1.165, 1.54) is 28.4 Å². The number of hydrogen-bond donors (Lipinski definition) is 0. The number of hydrogen-bond acceptors (Lipinski definition) is 8. The van der Waals surface area contributed by atoms with Gasteiger partial charge in [0, 0.05) is 35.0 Å². The van der Waals surface area contributed by atoms with Gasteiger partial charge in [0.05, 0.1) is 0 Å². The van der Waals surface area contributed by atoms with E-state index in [0.29, 0.717) is 13.0 Å². The highest BCUT2D eigenvalue weighted by Gasteiger charge is 2.31. The zero-order valence-corrected chi connectivity index (χ0v) is 21.0. The molecule has 0 atom stereocenters. The normalized spacial score (nSPS) is 13.1. The van der Waals surface area contributed by atoms with Gasteiger partial charge in [-0.3, -0.25) is 14.0 Å². The topological polar surface area (TPSA) is 83.5 Å². The Morgan fingerprint density at radius 2 is 1.33 bits per heavy atom. The summed E-state index contributed by atoms with van der Waals surface area (Å²) in [5, 5.41) is 0. The first-order valence-corrected chi connectivity index (χ1v) is 13.4. The Labute approximate surface area is 181 Å². The van der Waals surface area contributed by atoms with E-state index in [4.69, 9.17) is 22.8 Å². The fourth-order valence-electron chi connectivity index (χ4n) is 3.04. The van der Waals surface area contributed by atoms with E-state index in [1.54, 1.807) is 4.90 Å². The van der Waals surface area contributed by atoms with Gasteiger partial charge in [0.25, 0.3) is 0 Å². The smallest absolute Gasteiger partial charge is 0.344 e. The van der Waals surface area contributed by atoms with Crippen LogP contribution >= 0.6 is 15.2 Å². The third-order valence-corrected chi connectivity index (χ3v) is 8.46. The number of ether oxygens (including phenoxy) is 1. The fourth-order valence-corrected chi connectivity index (χ4v) is 5.42. The summed E-state index contributed by atoms with van der Waals surface area (Å²) in [6.45, 7) is 6.76. The lowest BCUT2D eigenvalue weighted by atomic mass is 10.0. The van der Waals surface area contributed by atoms with Gasteiger partial charge >= 0.3 is 15.2 Å². The van der Waals surface area contributed by atoms with E-state index in [2.05, 4.69) is 20.8 Å². The van der Waals surface area contributed by atoms with Gasteiger partial charge in [-0.1, -0.05) is 25.5 Å². The zero-order valence-electron chi connectivity index (χ0n) is 19.3. The Kier molecular flexibility index (Phi) is 11.2. The van der Waals surface area contributed by atoms with Crippen molar-refractivity contribution in [3.63, 3.8) is 0 Å². The molecule has 0 aliphatic carbocycles. The molecule has 174 valence electrons. The van der Waals surface area contributed by atoms with Gasteiger partial charge in [-0.2, -0.15) is 0 Å². The molecular formula is C20H37NO7P2. The molecule has 8 nitrogen and oxygen atoms in total. The van der Waals surface area contributed by atoms with Crippen LogP contribution in [0, 0.1) is 0 Å². The lowest BCUT2D eigenvalue weighted by Crippen LogP contribution is -2.29. The summed E-state index contributed by atoms with van der Waals surface area (Å²) in [6, 6.07) is 7.88. The van der Waals surface area contributed by atoms with Crippen LogP contribution in [-0.2, 0) is 33.6 Å². The van der Waals surface area contributed by atoms with Crippen LogP contribution in [0.4, 0.5) is 0 Å². The molecule has 1 aromatic carbocycles. The Hall–Kier alpha value is -0.720. The molecule has 0 radical (unpaired) electrons. The standard InChI is InChI=1S/C20H37NO7P2/c1-8-14-20(2,3)28-19-11-9-18(10-12-19)13-15-21(16-29(22,24-4)25-5)17-30(23,26-6)27-7/h9-12H,8,13-17H2,1-7H3. The lowest BCUT2D eigenvalue weighted by molar-refractivity contribution is 0.0985. The quantitative estimate of drug-likeness (QED) is 0.320. The van der Waals surface area contributed by atoms with Crippen molar-refractivity contribution in [2.75, 3.05) is 47.6 Å². The summed E-state index contributed by atoms with van der Waals surface area (Å²) in [4.78, 5) is 1.72. The van der Waals surface area contributed by atoms with E-state index >= 15 is 0 Å². The summed E-state index contributed by atoms with van der Waals surface area (Å²) in [7, 11) is -1.35. The van der Waals surface area contributed by atoms with Crippen molar-refractivity contribution >= 4 is 15.2 Å². The first-order chi connectivity index (χ1) is 14.0. The Bertz CT molecular complexity index is 680. The van der Waals surface area contributed by atoms with Gasteiger partial charge in [0.1, 0.15) is 23.9 Å². The molecular weight excluding hydrogens is 428 g/mol. The van der Waals surface area contributed by atoms with Crippen molar-refractivity contribution in [2.45, 2.75) is 45.6 Å². The molecule has 0 bridgehead atoms. The zero-order chi connectivity index (χ0) is 22.8. The molecule has 0 fully saturated rings. The number of rotatable bonds is 15. The molecule has 0 spiro atoms. The molecule has 0 saturated carbocycles. The minimum Gasteiger partial charge on any atom is -0.488 e. The van der Waals surface area contributed by atoms with E-state index in [0.717, 1.165) is 24.2 Å². The summed E-state index contributed by atoms with van der Waals surface area (Å²) in [5.41, 5.74) is 0.852. The monoisotopic (exact) mass is 465 g/mol. The first kappa shape index (κ1) is 27.3. The third-order valence-electron chi connectivity index (χ3n) is 4.75. The Morgan fingerprint density at radius 3 is 1.73 bits per heavy atom. The molecule has 10 heteroatoms. The van der Waals surface area contributed by atoms with Crippen molar-refractivity contribution in [1.82, 2.24) is 4.90 Å². The summed E-state index contributed by atoms with van der Waals surface area (Å²) in [5.74, 6) is 0.820. The van der Waals surface area contributed by atoms with Crippen molar-refractivity contribution < 1.29 is 32.0 Å². The Morgan fingerprint density at radius 1 is 0.867 bits per heavy atom. The van der Waals surface area contributed by atoms with Crippen LogP contribution in [-0.4, -0.2) is 58.1 Å². The highest BCUT2D eigenvalue weighted by atomic mass is 31.2. The average Bonchev–Trinajstić information content (AvgIpc) is 2.72. The second kappa shape index (κ2) is 12.4. The van der Waals surface area contributed by atoms with Gasteiger partial charge in [-0.25, -0.2) is 0 Å². The predicted octanol–water partition coefficient (Wildman–Crippen LogP) is 5.38. The molecule has 0 amide bonds. The molecule has 0 heterocycles. The van der Waals surface area contributed by atoms with E-state index in [9.17, 15) is 9.13 Å². The van der Waals surface area contributed by atoms with Crippen LogP contribution in [0.5, 0.6) is 5.75 Å². The van der Waals surface area contributed by atoms with Crippen LogP contribution < -0.4 is 4.74 Å². The predicted molar refractivity (Wildman–Crippen MR) is 119 cm³/mol. The van der Waals surface area contributed by atoms with Gasteiger partial charge in [0.2, 0.25) is 0 Å². The van der Waals surface area contributed by atoms with Crippen LogP contribution in [0.1, 0.15) is 39.2 Å². The molecule has 0 aliphatic rings. The average molecular weight is 465 g/mol. The van der Waals surface area contributed by atoms with Crippen molar-refractivity contribution in [1.29, 1.82) is 0 Å². The second-order valence-corrected chi connectivity index (χ2v) is 12.1. The van der Waals surface area contributed by atoms with Crippen LogP contribution in [0.2, 0.25) is 0 Å². The van der Waals surface area contributed by atoms with Crippen LogP contribution in [0.3, 0.4) is 0 Å². The maximum absolute atomic E-state index is 12.6. The minimum absolute atomic E-state index is 0.0247. The highest BCUT2D eigenvalue weighted by Crippen LogP contribution is 2.51. The largest absolute Gasteiger partial charge is 0.488 e. The van der Waals surface area contributed by atoms with Gasteiger partial charge in [-0.15, -0.1) is 0 Å². The van der Waals surface area contributed by atoms with Gasteiger partial charge < -0.3 is 22.8 Å². The molecule has 0 saturated heterocycles. The first-order valence-electron chi connectivity index (χ1n) is 9.95. The summed E-state index contributed by atoms with van der Waals surface area (Å²) in [6.07, 6.45) is 2.62. The molecule has 1 aromatic rings. The SMILES string of the molecule is CCCC(C)(C)Oc1ccc(CCN(CP(=O)(OC)OC)CP(=O)(OC)OC)cc1. The van der Waals surface area contributed by atoms with Crippen LogP contribution in [0.25, 0.3) is 0 Å². The molecule has 0 unspecified atom stereocenters. The fraction of sp³-hybridized carbons (Fsp3) is 0.700. The third kappa shape index (κ3) is 9.19. The lowest BCUT2D eigenvalue weighted by Gasteiger charge is -2.28. The van der Waals surface area contributed by atoms with Crippen molar-refractivity contribution in [2.24, 2.45) is 0 Å². The molecule has 0 aliphatic heterocycles. The maximum Gasteiger partial charge on any atom is 0.344 e. The van der Waals surface area contributed by atoms with Gasteiger partial charge in [0.15, 0.2) is 0 Å².